The molecule has 0 aliphatic carbocycles. The topological polar surface area (TPSA) is 29.3 Å². The van der Waals surface area contributed by atoms with Gasteiger partial charge < -0.3 is 9.72 Å². The third kappa shape index (κ3) is 2.02. The van der Waals surface area contributed by atoms with E-state index in [2.05, 4.69) is 34.7 Å². The molecule has 0 fully saturated rings. The number of aromatic nitrogens is 2. The molecule has 2 aromatic rings. The molecule has 0 aliphatic rings. The molecule has 3 nitrogen and oxygen atoms in total. The van der Waals surface area contributed by atoms with Crippen molar-refractivity contribution in [2.45, 2.75) is 20.3 Å². The van der Waals surface area contributed by atoms with Gasteiger partial charge in [0.1, 0.15) is 5.65 Å². The minimum absolute atomic E-state index is 1.01. The Hall–Kier alpha value is -1.35. The monoisotopic (exact) mass is 203 g/mol. The molecule has 0 bridgehead atoms. The second kappa shape index (κ2) is 4.45. The largest absolute Gasteiger partial charge is 0.317 e. The molecule has 80 valence electrons. The molecule has 0 unspecified atom stereocenters. The van der Waals surface area contributed by atoms with Crippen LogP contribution in [0.15, 0.2) is 24.4 Å². The average Bonchev–Trinajstić information content (AvgIpc) is 2.56. The average molecular weight is 203 g/mol. The van der Waals surface area contributed by atoms with Crippen molar-refractivity contribution in [1.82, 2.24) is 14.7 Å². The Kier molecular flexibility index (Phi) is 3.02. The van der Waals surface area contributed by atoms with Crippen LogP contribution in [0.4, 0.5) is 0 Å². The lowest BCUT2D eigenvalue weighted by Gasteiger charge is -2.03. The normalized spacial score (nSPS) is 11.1. The fraction of sp³-hybridized carbons (Fsp3) is 0.417. The molecule has 0 aliphatic heterocycles. The van der Waals surface area contributed by atoms with E-state index in [9.17, 15) is 0 Å². The van der Waals surface area contributed by atoms with Crippen molar-refractivity contribution < 1.29 is 0 Å². The second-order valence-corrected chi connectivity index (χ2v) is 3.68. The predicted molar refractivity (Wildman–Crippen MR) is 62.2 cm³/mol. The van der Waals surface area contributed by atoms with E-state index in [1.807, 2.05) is 18.2 Å². The van der Waals surface area contributed by atoms with Gasteiger partial charge in [0.15, 0.2) is 0 Å². The summed E-state index contributed by atoms with van der Waals surface area (Å²) in [6, 6.07) is 6.12. The highest BCUT2D eigenvalue weighted by Crippen LogP contribution is 2.11. The summed E-state index contributed by atoms with van der Waals surface area (Å²) in [6.45, 7) is 6.24. The van der Waals surface area contributed by atoms with Crippen LogP contribution in [0.5, 0.6) is 0 Å². The number of imidazole rings is 1. The number of likely N-dealkylation sites (N-methyl/N-ethyl adjacent to an activating group) is 1. The van der Waals surface area contributed by atoms with Gasteiger partial charge in [0.25, 0.3) is 0 Å². The molecule has 2 aromatic heterocycles. The van der Waals surface area contributed by atoms with Crippen molar-refractivity contribution in [1.29, 1.82) is 0 Å². The van der Waals surface area contributed by atoms with E-state index in [0.29, 0.717) is 0 Å². The van der Waals surface area contributed by atoms with Gasteiger partial charge in [-0.25, -0.2) is 4.98 Å². The van der Waals surface area contributed by atoms with Crippen LogP contribution < -0.4 is 5.32 Å². The van der Waals surface area contributed by atoms with Gasteiger partial charge in [-0.2, -0.15) is 0 Å². The van der Waals surface area contributed by atoms with Gasteiger partial charge in [0.05, 0.1) is 5.69 Å². The molecule has 0 atom stereocenters. The summed E-state index contributed by atoms with van der Waals surface area (Å²) in [5.74, 6) is 0. The van der Waals surface area contributed by atoms with Crippen molar-refractivity contribution >= 4 is 5.65 Å². The lowest BCUT2D eigenvalue weighted by Crippen LogP contribution is -2.17. The number of nitrogens with zero attached hydrogens (tertiary/aromatic N) is 2. The number of nitrogens with one attached hydrogen (secondary N) is 1. The first kappa shape index (κ1) is 10.2. The van der Waals surface area contributed by atoms with E-state index in [0.717, 1.165) is 30.9 Å². The van der Waals surface area contributed by atoms with Gasteiger partial charge in [-0.3, -0.25) is 0 Å². The SMILES string of the molecule is CCNCCc1c(C)nc2ccccn12. The molecule has 0 saturated carbocycles. The third-order valence-electron chi connectivity index (χ3n) is 2.62. The molecule has 0 spiro atoms. The number of pyridine rings is 1. The standard InChI is InChI=1S/C12H17N3/c1-3-13-8-7-11-10(2)14-12-6-4-5-9-15(11)12/h4-6,9,13H,3,7-8H2,1-2H3. The Balaban J connectivity index is 2.28. The van der Waals surface area contributed by atoms with Crippen LogP contribution in [0.25, 0.3) is 5.65 Å². The molecule has 0 radical (unpaired) electrons. The Morgan fingerprint density at radius 2 is 2.27 bits per heavy atom. The number of hydrogen-bond acceptors (Lipinski definition) is 2. The van der Waals surface area contributed by atoms with E-state index >= 15 is 0 Å². The van der Waals surface area contributed by atoms with Gasteiger partial charge in [-0.15, -0.1) is 0 Å². The molecule has 0 saturated heterocycles. The summed E-state index contributed by atoms with van der Waals surface area (Å²) in [5, 5.41) is 3.34. The molecule has 0 amide bonds. The van der Waals surface area contributed by atoms with Crippen molar-refractivity contribution in [3.63, 3.8) is 0 Å². The third-order valence-corrected chi connectivity index (χ3v) is 2.62. The summed E-state index contributed by atoms with van der Waals surface area (Å²) < 4.78 is 2.17. The lowest BCUT2D eigenvalue weighted by atomic mass is 10.2. The number of aryl methyl sites for hydroxylation is 1. The number of hydrogen-bond donors (Lipinski definition) is 1. The zero-order chi connectivity index (χ0) is 10.7. The minimum Gasteiger partial charge on any atom is -0.317 e. The highest BCUT2D eigenvalue weighted by Gasteiger charge is 2.06. The predicted octanol–water partition coefficient (Wildman–Crippen LogP) is 1.79. The Bertz CT molecular complexity index is 445. The van der Waals surface area contributed by atoms with Crippen LogP contribution in [0, 0.1) is 6.92 Å². The van der Waals surface area contributed by atoms with Crippen LogP contribution in [-0.4, -0.2) is 22.5 Å². The first-order valence-corrected chi connectivity index (χ1v) is 5.46. The highest BCUT2D eigenvalue weighted by molar-refractivity contribution is 5.42. The minimum atomic E-state index is 1.01. The molecular weight excluding hydrogens is 186 g/mol. The maximum absolute atomic E-state index is 4.53. The fourth-order valence-corrected chi connectivity index (χ4v) is 1.85. The van der Waals surface area contributed by atoms with Gasteiger partial charge in [0.2, 0.25) is 0 Å². The van der Waals surface area contributed by atoms with Gasteiger partial charge in [-0.05, 0) is 25.6 Å². The summed E-state index contributed by atoms with van der Waals surface area (Å²) in [5.41, 5.74) is 3.49. The number of rotatable bonds is 4. The summed E-state index contributed by atoms with van der Waals surface area (Å²) in [6.07, 6.45) is 3.11. The van der Waals surface area contributed by atoms with Crippen molar-refractivity contribution in [3.8, 4) is 0 Å². The molecular formula is C12H17N3. The van der Waals surface area contributed by atoms with Gasteiger partial charge >= 0.3 is 0 Å². The summed E-state index contributed by atoms with van der Waals surface area (Å²) >= 11 is 0. The van der Waals surface area contributed by atoms with E-state index in [1.54, 1.807) is 0 Å². The second-order valence-electron chi connectivity index (χ2n) is 3.68. The number of fused-ring (bicyclic) bond motifs is 1. The van der Waals surface area contributed by atoms with E-state index in [1.165, 1.54) is 5.69 Å². The quantitative estimate of drug-likeness (QED) is 0.768. The van der Waals surface area contributed by atoms with Crippen LogP contribution in [0.1, 0.15) is 18.3 Å². The summed E-state index contributed by atoms with van der Waals surface area (Å²) in [4.78, 5) is 4.53. The zero-order valence-corrected chi connectivity index (χ0v) is 9.33. The Morgan fingerprint density at radius 1 is 1.40 bits per heavy atom. The summed E-state index contributed by atoms with van der Waals surface area (Å²) in [7, 11) is 0. The Morgan fingerprint density at radius 3 is 3.07 bits per heavy atom. The van der Waals surface area contributed by atoms with Crippen LogP contribution in [-0.2, 0) is 6.42 Å². The van der Waals surface area contributed by atoms with E-state index < -0.39 is 0 Å². The first-order valence-electron chi connectivity index (χ1n) is 5.46. The molecule has 15 heavy (non-hydrogen) atoms. The fourth-order valence-electron chi connectivity index (χ4n) is 1.85. The maximum atomic E-state index is 4.53. The van der Waals surface area contributed by atoms with Gasteiger partial charge in [-0.1, -0.05) is 13.0 Å². The molecule has 3 heteroatoms. The zero-order valence-electron chi connectivity index (χ0n) is 9.33. The van der Waals surface area contributed by atoms with Crippen LogP contribution in [0.2, 0.25) is 0 Å². The molecule has 0 aromatic carbocycles. The molecule has 1 N–H and O–H groups in total. The maximum Gasteiger partial charge on any atom is 0.137 e. The van der Waals surface area contributed by atoms with Crippen LogP contribution >= 0.6 is 0 Å². The van der Waals surface area contributed by atoms with E-state index in [4.69, 9.17) is 0 Å². The molecule has 2 rings (SSSR count). The highest BCUT2D eigenvalue weighted by atomic mass is 15.0. The van der Waals surface area contributed by atoms with Crippen LogP contribution in [0.3, 0.4) is 0 Å². The van der Waals surface area contributed by atoms with E-state index in [-0.39, 0.29) is 0 Å². The smallest absolute Gasteiger partial charge is 0.137 e. The van der Waals surface area contributed by atoms with Crippen molar-refractivity contribution in [2.75, 3.05) is 13.1 Å². The van der Waals surface area contributed by atoms with Crippen molar-refractivity contribution in [2.24, 2.45) is 0 Å². The molecule has 2 heterocycles. The Labute approximate surface area is 90.1 Å². The lowest BCUT2D eigenvalue weighted by molar-refractivity contribution is 0.703. The van der Waals surface area contributed by atoms with Crippen molar-refractivity contribution in [3.05, 3.63) is 35.8 Å². The van der Waals surface area contributed by atoms with Gasteiger partial charge in [0, 0.05) is 24.9 Å². The first-order chi connectivity index (χ1) is 7.33.